The molecule has 0 spiro atoms. The largest absolute Gasteiger partial charge is 0.744 e. The molecule has 0 fully saturated rings. The number of carboxylic acids is 1. The van der Waals surface area contributed by atoms with E-state index in [0.717, 1.165) is 11.3 Å². The maximum atomic E-state index is 12.0. The number of nitrogens with one attached hydrogen (secondary N) is 2. The number of rotatable bonds is 14. The van der Waals surface area contributed by atoms with E-state index in [4.69, 9.17) is 0 Å². The van der Waals surface area contributed by atoms with E-state index in [9.17, 15) is 48.8 Å². The second-order valence-electron chi connectivity index (χ2n) is 15.1. The molecule has 0 radical (unpaired) electrons. The second kappa shape index (κ2) is 17.9. The second-order valence-corrected chi connectivity index (χ2v) is 19.5. The Balaban J connectivity index is 0.000000973. The Hall–Kier alpha value is -4.33. The normalized spacial score (nSPS) is 18.2. The average molecular weight is 860 g/mol. The fourth-order valence-electron chi connectivity index (χ4n) is 7.50. The number of benzene rings is 3. The highest BCUT2D eigenvalue weighted by atomic mass is 32.2. The lowest BCUT2D eigenvalue weighted by Gasteiger charge is -2.21. The first kappa shape index (κ1) is 46.4. The van der Waals surface area contributed by atoms with Gasteiger partial charge in [-0.15, -0.1) is 0 Å². The van der Waals surface area contributed by atoms with Crippen molar-refractivity contribution in [1.82, 2.24) is 0 Å². The van der Waals surface area contributed by atoms with E-state index in [1.165, 1.54) is 62.1 Å². The van der Waals surface area contributed by atoms with Crippen LogP contribution in [0.25, 0.3) is 0 Å². The molecule has 0 saturated heterocycles. The summed E-state index contributed by atoms with van der Waals surface area (Å²) in [6.07, 6.45) is 8.94. The van der Waals surface area contributed by atoms with Crippen LogP contribution in [0.2, 0.25) is 0 Å². The predicted octanol–water partition coefficient (Wildman–Crippen LogP) is 3.96. The molecule has 58 heavy (non-hydrogen) atoms. The molecule has 314 valence electrons. The number of carboxylic acid groups (broad SMARTS) is 1. The summed E-state index contributed by atoms with van der Waals surface area (Å²) in [7, 11) is -13.5. The van der Waals surface area contributed by atoms with Gasteiger partial charge in [0.15, 0.2) is 5.71 Å². The van der Waals surface area contributed by atoms with Gasteiger partial charge < -0.3 is 14.6 Å². The zero-order valence-corrected chi connectivity index (χ0v) is 36.1. The van der Waals surface area contributed by atoms with Crippen molar-refractivity contribution in [3.63, 3.8) is 0 Å². The molecule has 2 aliphatic rings. The zero-order valence-electron chi connectivity index (χ0n) is 33.7. The topological polar surface area (TPSA) is 215 Å². The minimum atomic E-state index is -4.78. The Morgan fingerprint density at radius 3 is 2.02 bits per heavy atom. The third-order valence-corrected chi connectivity index (χ3v) is 13.2. The monoisotopic (exact) mass is 859 g/mol. The Kier molecular flexibility index (Phi) is 14.3. The zero-order chi connectivity index (χ0) is 43.4. The van der Waals surface area contributed by atoms with Gasteiger partial charge in [0.25, 0.3) is 20.2 Å². The van der Waals surface area contributed by atoms with Crippen LogP contribution in [0, 0.1) is 0 Å². The fraction of sp³-hybridized carbons (Fsp3) is 0.366. The first-order valence-electron chi connectivity index (χ1n) is 18.8. The van der Waals surface area contributed by atoms with Crippen LogP contribution in [0.15, 0.2) is 107 Å². The predicted molar refractivity (Wildman–Crippen MR) is 220 cm³/mol. The van der Waals surface area contributed by atoms with Gasteiger partial charge in [0.2, 0.25) is 5.69 Å². The summed E-state index contributed by atoms with van der Waals surface area (Å²) in [6.45, 7) is 18.2. The van der Waals surface area contributed by atoms with Gasteiger partial charge in [-0.3, -0.25) is 9.11 Å². The van der Waals surface area contributed by atoms with Gasteiger partial charge in [0.05, 0.1) is 51.6 Å². The van der Waals surface area contributed by atoms with Gasteiger partial charge in [-0.1, -0.05) is 24.3 Å². The summed E-state index contributed by atoms with van der Waals surface area (Å²) in [4.78, 5) is 13.3. The van der Waals surface area contributed by atoms with Crippen molar-refractivity contribution in [2.45, 2.75) is 75.5 Å². The Bertz CT molecular complexity index is 2510. The molecule has 2 heterocycles. The highest BCUT2D eigenvalue weighted by Gasteiger charge is 2.47. The lowest BCUT2D eigenvalue weighted by Crippen LogP contribution is -3.11. The molecule has 3 aromatic carbocycles. The molecule has 0 aromatic heterocycles. The van der Waals surface area contributed by atoms with Crippen LogP contribution in [-0.4, -0.2) is 92.2 Å². The highest BCUT2D eigenvalue weighted by Crippen LogP contribution is 2.42. The number of hydrogen-bond donors (Lipinski definition) is 5. The van der Waals surface area contributed by atoms with E-state index in [0.29, 0.717) is 33.2 Å². The maximum absolute atomic E-state index is 12.0. The summed E-state index contributed by atoms with van der Waals surface area (Å²) < 4.78 is 104. The van der Waals surface area contributed by atoms with E-state index in [2.05, 4.69) is 20.8 Å². The third-order valence-electron chi connectivity index (χ3n) is 10.7. The molecule has 2 aliphatic heterocycles. The number of nitrogens with zero attached hydrogens (tertiary/aromatic N) is 1. The average Bonchev–Trinajstić information content (AvgIpc) is 3.49. The van der Waals surface area contributed by atoms with Gasteiger partial charge in [-0.2, -0.15) is 21.4 Å². The molecule has 0 saturated carbocycles. The van der Waals surface area contributed by atoms with Gasteiger partial charge in [-0.25, -0.2) is 18.1 Å². The molecule has 0 amide bonds. The van der Waals surface area contributed by atoms with Gasteiger partial charge in [0, 0.05) is 41.8 Å². The van der Waals surface area contributed by atoms with Crippen LogP contribution in [-0.2, 0) is 41.2 Å². The minimum absolute atomic E-state index is 0.103. The first-order valence-corrected chi connectivity index (χ1v) is 23.3. The molecular formula is C41H53N3O11S3+2. The molecule has 17 heteroatoms. The molecule has 5 rings (SSSR count). The van der Waals surface area contributed by atoms with Crippen molar-refractivity contribution in [2.75, 3.05) is 31.9 Å². The fourth-order valence-corrected chi connectivity index (χ4v) is 9.02. The van der Waals surface area contributed by atoms with Crippen molar-refractivity contribution in [3.05, 3.63) is 113 Å². The summed E-state index contributed by atoms with van der Waals surface area (Å²) in [5, 5.41) is 9.60. The molecule has 14 nitrogen and oxygen atoms in total. The number of quaternary nitrogens is 2. The van der Waals surface area contributed by atoms with Gasteiger partial charge >= 0.3 is 5.97 Å². The van der Waals surface area contributed by atoms with E-state index in [1.54, 1.807) is 47.4 Å². The van der Waals surface area contributed by atoms with Gasteiger partial charge in [0.1, 0.15) is 33.7 Å². The smallest absolute Gasteiger partial charge is 0.335 e. The lowest BCUT2D eigenvalue weighted by molar-refractivity contribution is -0.894. The van der Waals surface area contributed by atoms with Crippen LogP contribution in [0.5, 0.6) is 0 Å². The molecule has 0 aliphatic carbocycles. The van der Waals surface area contributed by atoms with E-state index in [-0.39, 0.29) is 23.4 Å². The molecule has 3 aromatic rings. The summed E-state index contributed by atoms with van der Waals surface area (Å²) in [5.74, 6) is -1.54. The quantitative estimate of drug-likeness (QED) is 0.0889. The number of allylic oxidation sites excluding steroid dienone is 6. The van der Waals surface area contributed by atoms with Crippen molar-refractivity contribution >= 4 is 59.1 Å². The van der Waals surface area contributed by atoms with E-state index < -0.39 is 57.8 Å². The maximum Gasteiger partial charge on any atom is 0.335 e. The van der Waals surface area contributed by atoms with Crippen molar-refractivity contribution < 1.29 is 63.2 Å². The molecule has 0 bridgehead atoms. The van der Waals surface area contributed by atoms with E-state index >= 15 is 0 Å². The Morgan fingerprint density at radius 1 is 0.810 bits per heavy atom. The standard InChI is InChI=1S/C35H36N2O11S3.C6H15N/c1-34(2)27-20-23(33(38)39)14-16-29(27)36(18-9-19-49(40,41)42)31(34)12-6-5-7-13-32-35(3,4)28-22-26(51(46,47)48)15-17-30(28)37(32)24-10-8-11-25(21-24)50(43,44)45;1-4-7(5-2)6-3/h5-8,10-17,20-22H,9,18-19H2,1-4H3,(H3-,38,39,40,41,42,43,44,45,46,47,48);4-6H2,1-3H3/p+2. The van der Waals surface area contributed by atoms with Crippen LogP contribution < -0.4 is 9.80 Å². The molecule has 1 unspecified atom stereocenters. The van der Waals surface area contributed by atoms with Gasteiger partial charge in [-0.05, 0) is 90.9 Å². The SMILES string of the molecule is CC1(C)C(/C=C/C=C/C=C2/[NH+](c3cccc(S(=O)(=O)O)c3)c3ccc(S(=O)(=O)[O-])cc3C2(C)C)=[N+](CCCS(=O)(=O)O)c2ccc(C(=O)O)cc21.CC[NH+](CC)CC. The number of fused-ring (bicyclic) bond motifs is 2. The third kappa shape index (κ3) is 10.5. The Labute approximate surface area is 341 Å². The highest BCUT2D eigenvalue weighted by molar-refractivity contribution is 7.86. The van der Waals surface area contributed by atoms with Crippen LogP contribution in [0.3, 0.4) is 0 Å². The summed E-state index contributed by atoms with van der Waals surface area (Å²) in [6, 6.07) is 14.5. The number of aromatic carboxylic acids is 1. The molecular weight excluding hydrogens is 807 g/mol. The number of carbonyl (C=O) groups is 1. The summed E-state index contributed by atoms with van der Waals surface area (Å²) >= 11 is 0. The molecule has 5 N–H and O–H groups in total. The van der Waals surface area contributed by atoms with E-state index in [1.807, 2.05) is 38.3 Å². The van der Waals surface area contributed by atoms with Crippen molar-refractivity contribution in [2.24, 2.45) is 0 Å². The Morgan fingerprint density at radius 2 is 1.47 bits per heavy atom. The van der Waals surface area contributed by atoms with Crippen LogP contribution in [0.4, 0.5) is 17.1 Å². The van der Waals surface area contributed by atoms with Crippen molar-refractivity contribution in [3.8, 4) is 0 Å². The number of hydrogen-bond acceptors (Lipinski definition) is 8. The van der Waals surface area contributed by atoms with Crippen LogP contribution in [0.1, 0.15) is 76.4 Å². The first-order chi connectivity index (χ1) is 26.9. The minimum Gasteiger partial charge on any atom is -0.744 e. The van der Waals surface area contributed by atoms with Crippen molar-refractivity contribution in [1.29, 1.82) is 0 Å². The van der Waals surface area contributed by atoms with Crippen LogP contribution >= 0.6 is 0 Å². The lowest BCUT2D eigenvalue weighted by atomic mass is 9.81. The molecule has 1 atom stereocenters. The summed E-state index contributed by atoms with van der Waals surface area (Å²) in [5.41, 5.74) is 2.97.